The molecule has 0 heterocycles. The number of hydrogen-bond donors (Lipinski definition) is 3. The number of amides is 1. The van der Waals surface area contributed by atoms with Crippen molar-refractivity contribution in [1.29, 1.82) is 0 Å². The first kappa shape index (κ1) is 9.83. The van der Waals surface area contributed by atoms with Gasteiger partial charge in [-0.25, -0.2) is 0 Å². The number of nitrogens with one attached hydrogen (secondary N) is 1. The van der Waals surface area contributed by atoms with Crippen LogP contribution >= 0.6 is 0 Å². The van der Waals surface area contributed by atoms with Crippen molar-refractivity contribution in [1.82, 2.24) is 5.32 Å². The van der Waals surface area contributed by atoms with E-state index in [0.29, 0.717) is 12.0 Å². The van der Waals surface area contributed by atoms with Gasteiger partial charge in [0.1, 0.15) is 5.84 Å². The normalized spacial score (nSPS) is 27.0. The van der Waals surface area contributed by atoms with E-state index in [1.165, 1.54) is 0 Å². The molecule has 0 aromatic carbocycles. The number of carbonyl (C=O) groups is 1. The van der Waals surface area contributed by atoms with Crippen molar-refractivity contribution < 1.29 is 10.0 Å². The van der Waals surface area contributed by atoms with Crippen LogP contribution in [0.5, 0.6) is 0 Å². The summed E-state index contributed by atoms with van der Waals surface area (Å²) in [5, 5.41) is 13.8. The van der Waals surface area contributed by atoms with Crippen LogP contribution in [0.4, 0.5) is 0 Å². The summed E-state index contributed by atoms with van der Waals surface area (Å²) in [5.74, 6) is 0.402. The summed E-state index contributed by atoms with van der Waals surface area (Å²) in [7, 11) is 0. The molecule has 0 bridgehead atoms. The highest BCUT2D eigenvalue weighted by Crippen LogP contribution is 2.32. The maximum atomic E-state index is 11.1. The Bertz CT molecular complexity index is 227. The van der Waals surface area contributed by atoms with Gasteiger partial charge in [0, 0.05) is 6.04 Å². The first-order valence-electron chi connectivity index (χ1n) is 4.43. The Morgan fingerprint density at radius 1 is 1.77 bits per heavy atom. The molecule has 1 aliphatic carbocycles. The Hall–Kier alpha value is -1.26. The number of amidine groups is 1. The van der Waals surface area contributed by atoms with Gasteiger partial charge in [-0.15, -0.1) is 0 Å². The number of hydrogen-bond acceptors (Lipinski definition) is 3. The fourth-order valence-corrected chi connectivity index (χ4v) is 1.33. The number of rotatable bonds is 4. The second-order valence-corrected chi connectivity index (χ2v) is 3.35. The molecule has 5 nitrogen and oxygen atoms in total. The van der Waals surface area contributed by atoms with Gasteiger partial charge in [-0.1, -0.05) is 18.5 Å². The summed E-state index contributed by atoms with van der Waals surface area (Å²) < 4.78 is 0. The predicted molar refractivity (Wildman–Crippen MR) is 48.4 cm³/mol. The minimum absolute atomic E-state index is 0.0244. The molecular formula is C8H15N3O2. The van der Waals surface area contributed by atoms with Crippen LogP contribution in [-0.4, -0.2) is 23.0 Å². The molecule has 2 unspecified atom stereocenters. The Morgan fingerprint density at radius 2 is 2.46 bits per heavy atom. The molecule has 0 radical (unpaired) electrons. The topological polar surface area (TPSA) is 87.7 Å². The summed E-state index contributed by atoms with van der Waals surface area (Å²) in [6.07, 6.45) is 2.12. The van der Waals surface area contributed by atoms with E-state index in [4.69, 9.17) is 10.9 Å². The van der Waals surface area contributed by atoms with Crippen LogP contribution in [0.1, 0.15) is 26.2 Å². The van der Waals surface area contributed by atoms with Crippen LogP contribution in [0.3, 0.4) is 0 Å². The molecule has 1 amide bonds. The van der Waals surface area contributed by atoms with Crippen molar-refractivity contribution in [3.05, 3.63) is 0 Å². The first-order valence-corrected chi connectivity index (χ1v) is 4.43. The molecule has 4 N–H and O–H groups in total. The maximum Gasteiger partial charge on any atom is 0.227 e. The molecule has 1 aliphatic rings. The van der Waals surface area contributed by atoms with E-state index in [0.717, 1.165) is 12.8 Å². The largest absolute Gasteiger partial charge is 0.409 e. The second-order valence-electron chi connectivity index (χ2n) is 3.35. The van der Waals surface area contributed by atoms with E-state index in [-0.39, 0.29) is 18.2 Å². The highest BCUT2D eigenvalue weighted by atomic mass is 16.4. The van der Waals surface area contributed by atoms with Gasteiger partial charge in [0.2, 0.25) is 5.91 Å². The lowest BCUT2D eigenvalue weighted by atomic mass is 10.3. The molecule has 74 valence electrons. The minimum Gasteiger partial charge on any atom is -0.409 e. The molecule has 13 heavy (non-hydrogen) atoms. The van der Waals surface area contributed by atoms with Crippen LogP contribution in [0.2, 0.25) is 0 Å². The number of nitrogens with zero attached hydrogens (tertiary/aromatic N) is 1. The lowest BCUT2D eigenvalue weighted by Gasteiger charge is -2.02. The minimum atomic E-state index is -0.170. The summed E-state index contributed by atoms with van der Waals surface area (Å²) >= 11 is 0. The van der Waals surface area contributed by atoms with E-state index >= 15 is 0 Å². The van der Waals surface area contributed by atoms with Crippen LogP contribution in [0, 0.1) is 5.92 Å². The number of nitrogens with two attached hydrogens (primary N) is 1. The molecule has 0 aliphatic heterocycles. The van der Waals surface area contributed by atoms with Crippen molar-refractivity contribution in [2.75, 3.05) is 0 Å². The third-order valence-electron chi connectivity index (χ3n) is 2.26. The summed E-state index contributed by atoms with van der Waals surface area (Å²) in [6, 6.07) is 0.309. The zero-order chi connectivity index (χ0) is 9.84. The van der Waals surface area contributed by atoms with Gasteiger partial charge >= 0.3 is 0 Å². The van der Waals surface area contributed by atoms with Crippen LogP contribution in [0.15, 0.2) is 5.16 Å². The van der Waals surface area contributed by atoms with Crippen molar-refractivity contribution in [2.45, 2.75) is 32.2 Å². The lowest BCUT2D eigenvalue weighted by molar-refractivity contribution is -0.120. The molecule has 0 aromatic heterocycles. The molecular weight excluding hydrogens is 170 g/mol. The van der Waals surface area contributed by atoms with Gasteiger partial charge in [-0.3, -0.25) is 4.79 Å². The first-order chi connectivity index (χ1) is 6.17. The molecule has 1 saturated carbocycles. The summed E-state index contributed by atoms with van der Waals surface area (Å²) in [6.45, 7) is 2.10. The van der Waals surface area contributed by atoms with Gasteiger partial charge < -0.3 is 16.3 Å². The maximum absolute atomic E-state index is 11.1. The Morgan fingerprint density at radius 3 is 2.92 bits per heavy atom. The number of carbonyl (C=O) groups excluding carboxylic acids is 1. The van der Waals surface area contributed by atoms with E-state index in [1.807, 2.05) is 0 Å². The van der Waals surface area contributed by atoms with E-state index in [2.05, 4.69) is 17.4 Å². The standard InChI is InChI=1S/C8H15N3O2/c1-2-5-3-6(5)10-8(12)4-7(9)11-13/h5-6,13H,2-4H2,1H3,(H2,9,11)(H,10,12). The van der Waals surface area contributed by atoms with Gasteiger partial charge in [0.15, 0.2) is 0 Å². The van der Waals surface area contributed by atoms with Gasteiger partial charge in [-0.2, -0.15) is 0 Å². The third kappa shape index (κ3) is 2.93. The predicted octanol–water partition coefficient (Wildman–Crippen LogP) is 0.0376. The lowest BCUT2D eigenvalue weighted by Crippen LogP contribution is -2.30. The van der Waals surface area contributed by atoms with E-state index < -0.39 is 0 Å². The average Bonchev–Trinajstić information content (AvgIpc) is 2.82. The van der Waals surface area contributed by atoms with Crippen molar-refractivity contribution in [3.63, 3.8) is 0 Å². The van der Waals surface area contributed by atoms with Gasteiger partial charge in [-0.05, 0) is 12.3 Å². The Kier molecular flexibility index (Phi) is 3.11. The fraction of sp³-hybridized carbons (Fsp3) is 0.750. The fourth-order valence-electron chi connectivity index (χ4n) is 1.33. The highest BCUT2D eigenvalue weighted by molar-refractivity contribution is 5.98. The monoisotopic (exact) mass is 185 g/mol. The zero-order valence-electron chi connectivity index (χ0n) is 7.66. The van der Waals surface area contributed by atoms with E-state index in [9.17, 15) is 4.79 Å². The van der Waals surface area contributed by atoms with Crippen LogP contribution < -0.4 is 11.1 Å². The Labute approximate surface area is 77.0 Å². The van der Waals surface area contributed by atoms with Crippen molar-refractivity contribution in [2.24, 2.45) is 16.8 Å². The zero-order valence-corrected chi connectivity index (χ0v) is 7.66. The molecule has 2 atom stereocenters. The summed E-state index contributed by atoms with van der Waals surface area (Å²) in [5.41, 5.74) is 5.18. The SMILES string of the molecule is CCC1CC1NC(=O)CC(N)=NO. The van der Waals surface area contributed by atoms with Crippen molar-refractivity contribution >= 4 is 11.7 Å². The molecule has 1 fully saturated rings. The van der Waals surface area contributed by atoms with Crippen molar-refractivity contribution in [3.8, 4) is 0 Å². The van der Waals surface area contributed by atoms with Gasteiger partial charge in [0.05, 0.1) is 6.42 Å². The molecule has 0 saturated heterocycles. The second kappa shape index (κ2) is 4.11. The van der Waals surface area contributed by atoms with E-state index in [1.54, 1.807) is 0 Å². The van der Waals surface area contributed by atoms with Crippen LogP contribution in [-0.2, 0) is 4.79 Å². The number of oxime groups is 1. The highest BCUT2D eigenvalue weighted by Gasteiger charge is 2.36. The molecule has 5 heteroatoms. The third-order valence-corrected chi connectivity index (χ3v) is 2.26. The Balaban J connectivity index is 2.20. The molecule has 0 aromatic rings. The summed E-state index contributed by atoms with van der Waals surface area (Å²) in [4.78, 5) is 11.1. The quantitative estimate of drug-likeness (QED) is 0.250. The average molecular weight is 185 g/mol. The molecule has 1 rings (SSSR count). The van der Waals surface area contributed by atoms with Gasteiger partial charge in [0.25, 0.3) is 0 Å². The smallest absolute Gasteiger partial charge is 0.227 e. The molecule has 0 spiro atoms. The van der Waals surface area contributed by atoms with Crippen LogP contribution in [0.25, 0.3) is 0 Å².